The lowest BCUT2D eigenvalue weighted by Gasteiger charge is -2.24. The zero-order valence-corrected chi connectivity index (χ0v) is 11.3. The summed E-state index contributed by atoms with van der Waals surface area (Å²) in [6.45, 7) is 0. The molecular formula is C14H18BrN. The monoisotopic (exact) mass is 279 g/mol. The molecule has 2 heteroatoms. The normalized spacial score (nSPS) is 18.0. The van der Waals surface area contributed by atoms with Gasteiger partial charge in [0.2, 0.25) is 0 Å². The van der Waals surface area contributed by atoms with E-state index in [4.69, 9.17) is 0 Å². The van der Waals surface area contributed by atoms with Gasteiger partial charge in [0, 0.05) is 4.47 Å². The highest BCUT2D eigenvalue weighted by Crippen LogP contribution is 2.33. The molecule has 0 heterocycles. The molecule has 0 bridgehead atoms. The first kappa shape index (κ1) is 11.9. The Morgan fingerprint density at radius 2 is 2.06 bits per heavy atom. The average molecular weight is 280 g/mol. The van der Waals surface area contributed by atoms with Gasteiger partial charge < -0.3 is 5.32 Å². The molecule has 2 rings (SSSR count). The largest absolute Gasteiger partial charge is 0.310 e. The molecule has 0 radical (unpaired) electrons. The van der Waals surface area contributed by atoms with E-state index in [1.807, 2.05) is 7.05 Å². The van der Waals surface area contributed by atoms with Crippen LogP contribution in [0, 0.1) is 0 Å². The van der Waals surface area contributed by atoms with Gasteiger partial charge in [-0.1, -0.05) is 45.8 Å². The molecule has 1 aliphatic carbocycles. The van der Waals surface area contributed by atoms with Crippen molar-refractivity contribution in [3.05, 3.63) is 46.0 Å². The van der Waals surface area contributed by atoms with E-state index in [0.29, 0.717) is 6.04 Å². The first-order valence-electron chi connectivity index (χ1n) is 5.93. The van der Waals surface area contributed by atoms with Gasteiger partial charge in [-0.15, -0.1) is 0 Å². The van der Waals surface area contributed by atoms with E-state index in [0.717, 1.165) is 0 Å². The van der Waals surface area contributed by atoms with Gasteiger partial charge in [0.1, 0.15) is 0 Å². The third kappa shape index (κ3) is 2.55. The highest BCUT2D eigenvalue weighted by atomic mass is 79.9. The summed E-state index contributed by atoms with van der Waals surface area (Å²) >= 11 is 3.64. The predicted molar refractivity (Wildman–Crippen MR) is 72.5 cm³/mol. The molecule has 1 aromatic rings. The first-order chi connectivity index (χ1) is 7.83. The molecular weight excluding hydrogens is 262 g/mol. The number of halogens is 1. The molecule has 1 unspecified atom stereocenters. The summed E-state index contributed by atoms with van der Waals surface area (Å²) in [6, 6.07) is 8.85. The minimum atomic E-state index is 0.371. The van der Waals surface area contributed by atoms with Crippen molar-refractivity contribution >= 4 is 15.9 Å². The molecule has 1 atom stereocenters. The summed E-state index contributed by atoms with van der Waals surface area (Å²) in [7, 11) is 2.04. The van der Waals surface area contributed by atoms with Crippen molar-refractivity contribution in [2.24, 2.45) is 0 Å². The molecule has 1 aliphatic rings. The molecule has 0 saturated carbocycles. The highest BCUT2D eigenvalue weighted by molar-refractivity contribution is 9.10. The average Bonchev–Trinajstić information content (AvgIpc) is 2.34. The minimum absolute atomic E-state index is 0.371. The van der Waals surface area contributed by atoms with E-state index in [2.05, 4.69) is 51.6 Å². The molecule has 1 nitrogen and oxygen atoms in total. The lowest BCUT2D eigenvalue weighted by molar-refractivity contribution is 0.592. The third-order valence-corrected chi connectivity index (χ3v) is 3.92. The van der Waals surface area contributed by atoms with Gasteiger partial charge in [-0.2, -0.15) is 0 Å². The number of nitrogens with one attached hydrogen (secondary N) is 1. The van der Waals surface area contributed by atoms with Crippen LogP contribution in [0.4, 0.5) is 0 Å². The number of benzene rings is 1. The van der Waals surface area contributed by atoms with Gasteiger partial charge in [0.05, 0.1) is 6.04 Å². The van der Waals surface area contributed by atoms with Crippen LogP contribution >= 0.6 is 15.9 Å². The molecule has 0 fully saturated rings. The van der Waals surface area contributed by atoms with Crippen LogP contribution in [0.3, 0.4) is 0 Å². The minimum Gasteiger partial charge on any atom is -0.310 e. The number of rotatable bonds is 3. The molecule has 0 saturated heterocycles. The smallest absolute Gasteiger partial charge is 0.0544 e. The number of hydrogen-bond acceptors (Lipinski definition) is 1. The zero-order valence-electron chi connectivity index (χ0n) is 9.67. The summed E-state index contributed by atoms with van der Waals surface area (Å²) in [5.74, 6) is 0. The topological polar surface area (TPSA) is 12.0 Å². The van der Waals surface area contributed by atoms with Gasteiger partial charge in [0.25, 0.3) is 0 Å². The van der Waals surface area contributed by atoms with Crippen molar-refractivity contribution in [2.75, 3.05) is 7.05 Å². The number of likely N-dealkylation sites (N-methyl/N-ethyl adjacent to an activating group) is 1. The standard InChI is InChI=1S/C14H18BrN/c1-16-14(11-7-3-2-4-8-11)12-9-5-6-10-13(12)15/h5-7,9-10,14,16H,2-4,8H2,1H3. The summed E-state index contributed by atoms with van der Waals surface area (Å²) in [6.07, 6.45) is 7.54. The maximum atomic E-state index is 3.64. The molecule has 16 heavy (non-hydrogen) atoms. The molecule has 1 aromatic carbocycles. The van der Waals surface area contributed by atoms with Crippen molar-refractivity contribution < 1.29 is 0 Å². The van der Waals surface area contributed by atoms with Crippen LogP contribution < -0.4 is 5.32 Å². The van der Waals surface area contributed by atoms with Crippen LogP contribution in [-0.4, -0.2) is 7.05 Å². The molecule has 0 aromatic heterocycles. The van der Waals surface area contributed by atoms with Gasteiger partial charge >= 0.3 is 0 Å². The van der Waals surface area contributed by atoms with Crippen molar-refractivity contribution in [3.8, 4) is 0 Å². The van der Waals surface area contributed by atoms with Gasteiger partial charge in [-0.3, -0.25) is 0 Å². The van der Waals surface area contributed by atoms with E-state index in [1.165, 1.54) is 35.7 Å². The van der Waals surface area contributed by atoms with Crippen LogP contribution in [0.1, 0.15) is 37.3 Å². The van der Waals surface area contributed by atoms with E-state index in [1.54, 1.807) is 5.57 Å². The third-order valence-electron chi connectivity index (χ3n) is 3.20. The van der Waals surface area contributed by atoms with E-state index < -0.39 is 0 Å². The molecule has 0 aliphatic heterocycles. The van der Waals surface area contributed by atoms with Crippen molar-refractivity contribution in [1.29, 1.82) is 0 Å². The quantitative estimate of drug-likeness (QED) is 0.818. The second kappa shape index (κ2) is 5.65. The van der Waals surface area contributed by atoms with E-state index >= 15 is 0 Å². The van der Waals surface area contributed by atoms with Gasteiger partial charge in [-0.25, -0.2) is 0 Å². The van der Waals surface area contributed by atoms with Crippen molar-refractivity contribution in [2.45, 2.75) is 31.7 Å². The second-order valence-corrected chi connectivity index (χ2v) is 5.12. The summed E-state index contributed by atoms with van der Waals surface area (Å²) in [4.78, 5) is 0. The molecule has 0 amide bonds. The van der Waals surface area contributed by atoms with E-state index in [9.17, 15) is 0 Å². The SMILES string of the molecule is CNC(C1=CCCCC1)c1ccccc1Br. The summed E-state index contributed by atoms with van der Waals surface area (Å²) in [5, 5.41) is 3.43. The van der Waals surface area contributed by atoms with Crippen LogP contribution in [0.25, 0.3) is 0 Å². The Morgan fingerprint density at radius 1 is 1.25 bits per heavy atom. The molecule has 0 spiro atoms. The van der Waals surface area contributed by atoms with Crippen molar-refractivity contribution in [1.82, 2.24) is 5.32 Å². The predicted octanol–water partition coefficient (Wildman–Crippen LogP) is 4.21. The zero-order chi connectivity index (χ0) is 11.4. The Labute approximate surface area is 106 Å². The van der Waals surface area contributed by atoms with E-state index in [-0.39, 0.29) is 0 Å². The van der Waals surface area contributed by atoms with Gasteiger partial charge in [-0.05, 0) is 44.4 Å². The highest BCUT2D eigenvalue weighted by Gasteiger charge is 2.17. The Balaban J connectivity index is 2.28. The fourth-order valence-electron chi connectivity index (χ4n) is 2.38. The fraction of sp³-hybridized carbons (Fsp3) is 0.429. The Bertz CT molecular complexity index is 384. The fourth-order valence-corrected chi connectivity index (χ4v) is 2.89. The summed E-state index contributed by atoms with van der Waals surface area (Å²) < 4.78 is 1.20. The lowest BCUT2D eigenvalue weighted by Crippen LogP contribution is -2.20. The maximum absolute atomic E-state index is 3.64. The summed E-state index contributed by atoms with van der Waals surface area (Å²) in [5.41, 5.74) is 2.89. The van der Waals surface area contributed by atoms with Crippen LogP contribution in [0.15, 0.2) is 40.4 Å². The Hall–Kier alpha value is -0.600. The second-order valence-electron chi connectivity index (χ2n) is 4.27. The maximum Gasteiger partial charge on any atom is 0.0544 e. The van der Waals surface area contributed by atoms with Crippen LogP contribution in [0.5, 0.6) is 0 Å². The van der Waals surface area contributed by atoms with Gasteiger partial charge in [0.15, 0.2) is 0 Å². The van der Waals surface area contributed by atoms with Crippen LogP contribution in [0.2, 0.25) is 0 Å². The Morgan fingerprint density at radius 3 is 2.69 bits per heavy atom. The number of hydrogen-bond donors (Lipinski definition) is 1. The number of allylic oxidation sites excluding steroid dienone is 1. The Kier molecular flexibility index (Phi) is 4.19. The molecule has 1 N–H and O–H groups in total. The lowest BCUT2D eigenvalue weighted by atomic mass is 9.90. The van der Waals surface area contributed by atoms with Crippen molar-refractivity contribution in [3.63, 3.8) is 0 Å². The van der Waals surface area contributed by atoms with Crippen LogP contribution in [-0.2, 0) is 0 Å². The molecule has 86 valence electrons. The first-order valence-corrected chi connectivity index (χ1v) is 6.73.